The highest BCUT2D eigenvalue weighted by Crippen LogP contribution is 2.23. The number of amides is 4. The van der Waals surface area contributed by atoms with Crippen molar-refractivity contribution in [3.63, 3.8) is 0 Å². The summed E-state index contributed by atoms with van der Waals surface area (Å²) in [5, 5.41) is 5.29. The number of nitrogens with one attached hydrogen (secondary N) is 2. The molecule has 1 aromatic carbocycles. The predicted octanol–water partition coefficient (Wildman–Crippen LogP) is 2.26. The molecule has 9 nitrogen and oxygen atoms in total. The number of benzene rings is 1. The van der Waals surface area contributed by atoms with Crippen LogP contribution in [0.4, 0.5) is 4.79 Å². The minimum absolute atomic E-state index is 0.145. The SMILES string of the molecule is CCCN(C(=O)C(CC(N)=O)NC(=O)OC(C)(C)C)C(C(=O)NC(C)C)c1ccccc1. The Morgan fingerprint density at radius 3 is 2.12 bits per heavy atom. The number of rotatable bonds is 10. The lowest BCUT2D eigenvalue weighted by Gasteiger charge is -2.34. The molecular formula is C23H36N4O5. The number of nitrogens with zero attached hydrogens (tertiary/aromatic N) is 1. The molecule has 1 aromatic rings. The second-order valence-corrected chi connectivity index (χ2v) is 8.88. The number of alkyl carbamates (subject to hydrolysis) is 1. The molecule has 0 saturated heterocycles. The van der Waals surface area contributed by atoms with Crippen molar-refractivity contribution in [2.24, 2.45) is 5.73 Å². The molecule has 0 spiro atoms. The fourth-order valence-electron chi connectivity index (χ4n) is 3.13. The van der Waals surface area contributed by atoms with Gasteiger partial charge in [0.1, 0.15) is 17.7 Å². The second kappa shape index (κ2) is 12.1. The van der Waals surface area contributed by atoms with Crippen LogP contribution in [0.3, 0.4) is 0 Å². The molecule has 4 amide bonds. The molecule has 0 radical (unpaired) electrons. The molecular weight excluding hydrogens is 412 g/mol. The average molecular weight is 449 g/mol. The zero-order valence-electron chi connectivity index (χ0n) is 19.8. The van der Waals surface area contributed by atoms with Crippen molar-refractivity contribution in [1.82, 2.24) is 15.5 Å². The van der Waals surface area contributed by atoms with Crippen LogP contribution in [0, 0.1) is 0 Å². The summed E-state index contributed by atoms with van der Waals surface area (Å²) in [5.74, 6) is -1.72. The number of nitrogens with two attached hydrogens (primary N) is 1. The third-order valence-corrected chi connectivity index (χ3v) is 4.25. The summed E-state index contributed by atoms with van der Waals surface area (Å²) in [4.78, 5) is 52.0. The number of ether oxygens (including phenoxy) is 1. The van der Waals surface area contributed by atoms with E-state index in [1.54, 1.807) is 45.0 Å². The summed E-state index contributed by atoms with van der Waals surface area (Å²) in [6.45, 7) is 10.8. The Labute approximate surface area is 190 Å². The van der Waals surface area contributed by atoms with Gasteiger partial charge in [0, 0.05) is 12.6 Å². The lowest BCUT2D eigenvalue weighted by Crippen LogP contribution is -2.54. The Hall–Kier alpha value is -3.10. The van der Waals surface area contributed by atoms with Gasteiger partial charge in [-0.2, -0.15) is 0 Å². The molecule has 4 N–H and O–H groups in total. The summed E-state index contributed by atoms with van der Waals surface area (Å²) >= 11 is 0. The van der Waals surface area contributed by atoms with Crippen LogP contribution in [0.2, 0.25) is 0 Å². The van der Waals surface area contributed by atoms with Gasteiger partial charge in [0.2, 0.25) is 17.7 Å². The zero-order chi connectivity index (χ0) is 24.5. The highest BCUT2D eigenvalue weighted by molar-refractivity contribution is 5.94. The maximum absolute atomic E-state index is 13.5. The summed E-state index contributed by atoms with van der Waals surface area (Å²) in [6.07, 6.45) is -0.720. The van der Waals surface area contributed by atoms with Gasteiger partial charge in [-0.3, -0.25) is 14.4 Å². The van der Waals surface area contributed by atoms with E-state index in [2.05, 4.69) is 10.6 Å². The monoisotopic (exact) mass is 448 g/mol. The van der Waals surface area contributed by atoms with Crippen LogP contribution < -0.4 is 16.4 Å². The minimum atomic E-state index is -1.27. The first-order valence-corrected chi connectivity index (χ1v) is 10.8. The van der Waals surface area contributed by atoms with E-state index in [-0.39, 0.29) is 18.5 Å². The molecule has 0 heterocycles. The van der Waals surface area contributed by atoms with E-state index < -0.39 is 42.0 Å². The normalized spacial score (nSPS) is 13.1. The molecule has 0 aliphatic rings. The third kappa shape index (κ3) is 8.95. The maximum Gasteiger partial charge on any atom is 0.408 e. The molecule has 0 aliphatic carbocycles. The molecule has 178 valence electrons. The highest BCUT2D eigenvalue weighted by atomic mass is 16.6. The Balaban J connectivity index is 3.35. The first kappa shape index (κ1) is 26.9. The average Bonchev–Trinajstić information content (AvgIpc) is 2.65. The van der Waals surface area contributed by atoms with Gasteiger partial charge in [-0.25, -0.2) is 4.79 Å². The van der Waals surface area contributed by atoms with Gasteiger partial charge in [-0.15, -0.1) is 0 Å². The molecule has 32 heavy (non-hydrogen) atoms. The van der Waals surface area contributed by atoms with Crippen LogP contribution in [0.15, 0.2) is 30.3 Å². The number of hydrogen-bond donors (Lipinski definition) is 3. The zero-order valence-corrected chi connectivity index (χ0v) is 19.8. The van der Waals surface area contributed by atoms with E-state index >= 15 is 0 Å². The van der Waals surface area contributed by atoms with Gasteiger partial charge in [-0.05, 0) is 46.6 Å². The number of carbonyl (C=O) groups excluding carboxylic acids is 4. The third-order valence-electron chi connectivity index (χ3n) is 4.25. The van der Waals surface area contributed by atoms with Crippen LogP contribution in [0.25, 0.3) is 0 Å². The van der Waals surface area contributed by atoms with E-state index in [0.29, 0.717) is 12.0 Å². The van der Waals surface area contributed by atoms with Crippen molar-refractivity contribution in [3.05, 3.63) is 35.9 Å². The van der Waals surface area contributed by atoms with Crippen LogP contribution in [-0.4, -0.2) is 52.9 Å². The maximum atomic E-state index is 13.5. The number of carbonyl (C=O) groups is 4. The standard InChI is InChI=1S/C23H36N4O5/c1-7-13-27(19(20(29)25-15(2)3)16-11-9-8-10-12-16)21(30)17(14-18(24)28)26-22(31)32-23(4,5)6/h8-12,15,17,19H,7,13-14H2,1-6H3,(H2,24,28)(H,25,29)(H,26,31). The molecule has 0 aromatic heterocycles. The molecule has 0 aliphatic heterocycles. The van der Waals surface area contributed by atoms with Crippen molar-refractivity contribution in [2.75, 3.05) is 6.54 Å². The van der Waals surface area contributed by atoms with Gasteiger partial charge < -0.3 is 26.0 Å². The van der Waals surface area contributed by atoms with Crippen LogP contribution in [-0.2, 0) is 19.1 Å². The molecule has 1 rings (SSSR count). The van der Waals surface area contributed by atoms with Gasteiger partial charge in [0.15, 0.2) is 0 Å². The summed E-state index contributed by atoms with van der Waals surface area (Å²) < 4.78 is 5.23. The molecule has 0 bridgehead atoms. The van der Waals surface area contributed by atoms with Crippen molar-refractivity contribution in [2.45, 2.75) is 78.1 Å². The molecule has 2 unspecified atom stereocenters. The van der Waals surface area contributed by atoms with Gasteiger partial charge in [0.25, 0.3) is 0 Å². The highest BCUT2D eigenvalue weighted by Gasteiger charge is 2.36. The van der Waals surface area contributed by atoms with E-state index in [9.17, 15) is 19.2 Å². The van der Waals surface area contributed by atoms with Crippen molar-refractivity contribution in [3.8, 4) is 0 Å². The lowest BCUT2D eigenvalue weighted by molar-refractivity contribution is -0.143. The quantitative estimate of drug-likeness (QED) is 0.505. The first-order valence-electron chi connectivity index (χ1n) is 10.8. The van der Waals surface area contributed by atoms with E-state index in [1.807, 2.05) is 26.8 Å². The van der Waals surface area contributed by atoms with Crippen molar-refractivity contribution in [1.29, 1.82) is 0 Å². The Bertz CT molecular complexity index is 789. The number of hydrogen-bond acceptors (Lipinski definition) is 5. The summed E-state index contributed by atoms with van der Waals surface area (Å²) in [5.41, 5.74) is 5.16. The predicted molar refractivity (Wildman–Crippen MR) is 121 cm³/mol. The molecule has 0 saturated carbocycles. The molecule has 2 atom stereocenters. The van der Waals surface area contributed by atoms with Crippen LogP contribution in [0.1, 0.15) is 66.0 Å². The number of primary amides is 1. The largest absolute Gasteiger partial charge is 0.444 e. The molecule has 0 fully saturated rings. The second-order valence-electron chi connectivity index (χ2n) is 8.88. The summed E-state index contributed by atoms with van der Waals surface area (Å²) in [6, 6.07) is 6.52. The minimum Gasteiger partial charge on any atom is -0.444 e. The summed E-state index contributed by atoms with van der Waals surface area (Å²) in [7, 11) is 0. The fourth-order valence-corrected chi connectivity index (χ4v) is 3.13. The van der Waals surface area contributed by atoms with Gasteiger partial charge in [0.05, 0.1) is 6.42 Å². The Kier molecular flexibility index (Phi) is 10.2. The Morgan fingerprint density at radius 1 is 1.06 bits per heavy atom. The lowest BCUT2D eigenvalue weighted by atomic mass is 10.0. The van der Waals surface area contributed by atoms with E-state index in [0.717, 1.165) is 0 Å². The van der Waals surface area contributed by atoms with Gasteiger partial charge in [-0.1, -0.05) is 37.3 Å². The van der Waals surface area contributed by atoms with Crippen molar-refractivity contribution >= 4 is 23.8 Å². The van der Waals surface area contributed by atoms with Crippen LogP contribution in [0.5, 0.6) is 0 Å². The van der Waals surface area contributed by atoms with E-state index in [1.165, 1.54) is 4.90 Å². The topological polar surface area (TPSA) is 131 Å². The molecule has 9 heteroatoms. The smallest absolute Gasteiger partial charge is 0.408 e. The fraction of sp³-hybridized carbons (Fsp3) is 0.565. The van der Waals surface area contributed by atoms with Crippen LogP contribution >= 0.6 is 0 Å². The first-order chi connectivity index (χ1) is 14.9. The van der Waals surface area contributed by atoms with Crippen molar-refractivity contribution < 1.29 is 23.9 Å². The Morgan fingerprint density at radius 2 is 1.66 bits per heavy atom. The van der Waals surface area contributed by atoms with E-state index in [4.69, 9.17) is 10.5 Å². The van der Waals surface area contributed by atoms with Gasteiger partial charge >= 0.3 is 6.09 Å².